The summed E-state index contributed by atoms with van der Waals surface area (Å²) in [6, 6.07) is 3.71. The van der Waals surface area contributed by atoms with E-state index < -0.39 is 11.8 Å². The summed E-state index contributed by atoms with van der Waals surface area (Å²) in [7, 11) is 0. The van der Waals surface area contributed by atoms with E-state index in [1.807, 2.05) is 0 Å². The molecule has 0 aliphatic rings. The molecule has 0 spiro atoms. The second kappa shape index (κ2) is 5.16. The van der Waals surface area contributed by atoms with Crippen LogP contribution in [0.1, 0.15) is 22.3 Å². The van der Waals surface area contributed by atoms with Crippen molar-refractivity contribution in [2.75, 3.05) is 0 Å². The van der Waals surface area contributed by atoms with Gasteiger partial charge in [-0.3, -0.25) is 0 Å². The molecular weight excluding hydrogens is 233 g/mol. The van der Waals surface area contributed by atoms with E-state index in [0.29, 0.717) is 0 Å². The van der Waals surface area contributed by atoms with Gasteiger partial charge < -0.3 is 5.11 Å². The Labute approximate surface area is 96.1 Å². The Bertz CT molecular complexity index is 537. The molecule has 1 N–H and O–H groups in total. The molecule has 0 bridgehead atoms. The molecule has 0 atom stereocenters. The highest BCUT2D eigenvalue weighted by Gasteiger charge is 2.12. The number of carbonyl (C=O) groups is 1. The number of rotatable bonds is 1. The van der Waals surface area contributed by atoms with Crippen molar-refractivity contribution >= 4 is 17.6 Å². The van der Waals surface area contributed by atoms with E-state index in [1.165, 1.54) is 0 Å². The SMILES string of the molecule is N#CCC#Cc1cc(Cl)c(C(=O)O)cc1F. The molecule has 16 heavy (non-hydrogen) atoms. The number of hydrogen-bond donors (Lipinski definition) is 1. The van der Waals surface area contributed by atoms with Crippen molar-refractivity contribution in [2.45, 2.75) is 6.42 Å². The van der Waals surface area contributed by atoms with Crippen LogP contribution in [0.15, 0.2) is 12.1 Å². The van der Waals surface area contributed by atoms with Gasteiger partial charge in [0.05, 0.1) is 28.6 Å². The minimum atomic E-state index is -1.31. The molecule has 0 radical (unpaired) electrons. The number of halogens is 2. The zero-order chi connectivity index (χ0) is 12.1. The van der Waals surface area contributed by atoms with Gasteiger partial charge in [0.15, 0.2) is 0 Å². The number of aromatic carboxylic acids is 1. The lowest BCUT2D eigenvalue weighted by molar-refractivity contribution is 0.0696. The summed E-state index contributed by atoms with van der Waals surface area (Å²) in [4.78, 5) is 10.6. The quantitative estimate of drug-likeness (QED) is 0.763. The predicted octanol–water partition coefficient (Wildman–Crippen LogP) is 2.44. The lowest BCUT2D eigenvalue weighted by Gasteiger charge is -2.00. The van der Waals surface area contributed by atoms with Crippen molar-refractivity contribution in [2.24, 2.45) is 0 Å². The van der Waals surface area contributed by atoms with Crippen LogP contribution in [0.2, 0.25) is 5.02 Å². The summed E-state index contributed by atoms with van der Waals surface area (Å²) in [5.74, 6) is 2.73. The first kappa shape index (κ1) is 12.0. The van der Waals surface area contributed by atoms with Gasteiger partial charge in [-0.25, -0.2) is 9.18 Å². The Kier molecular flexibility index (Phi) is 3.88. The third kappa shape index (κ3) is 2.73. The van der Waals surface area contributed by atoms with Gasteiger partial charge in [0.25, 0.3) is 0 Å². The monoisotopic (exact) mass is 237 g/mol. The number of carboxylic acid groups (broad SMARTS) is 1. The van der Waals surface area contributed by atoms with Gasteiger partial charge in [-0.2, -0.15) is 5.26 Å². The molecule has 80 valence electrons. The summed E-state index contributed by atoms with van der Waals surface area (Å²) >= 11 is 5.63. The van der Waals surface area contributed by atoms with Gasteiger partial charge in [-0.05, 0) is 12.1 Å². The van der Waals surface area contributed by atoms with Gasteiger partial charge in [0, 0.05) is 0 Å². The lowest BCUT2D eigenvalue weighted by Crippen LogP contribution is -1.99. The van der Waals surface area contributed by atoms with Gasteiger partial charge >= 0.3 is 5.97 Å². The molecule has 1 aromatic carbocycles. The van der Waals surface area contributed by atoms with Crippen LogP contribution >= 0.6 is 11.6 Å². The normalized spacial score (nSPS) is 8.81. The third-order valence-corrected chi connectivity index (χ3v) is 1.99. The maximum atomic E-state index is 13.3. The number of hydrogen-bond acceptors (Lipinski definition) is 2. The van der Waals surface area contributed by atoms with Gasteiger partial charge in [-0.15, -0.1) is 0 Å². The Morgan fingerprint density at radius 1 is 1.56 bits per heavy atom. The van der Waals surface area contributed by atoms with Crippen LogP contribution in [0, 0.1) is 29.0 Å². The van der Waals surface area contributed by atoms with Crippen LogP contribution in [-0.2, 0) is 0 Å². The molecule has 5 heteroatoms. The molecule has 0 unspecified atom stereocenters. The number of nitrogens with zero attached hydrogens (tertiary/aromatic N) is 1. The first-order valence-electron chi connectivity index (χ1n) is 4.14. The molecule has 1 aromatic rings. The molecular formula is C11H5ClFNO2. The zero-order valence-electron chi connectivity index (χ0n) is 7.92. The highest BCUT2D eigenvalue weighted by Crippen LogP contribution is 2.20. The van der Waals surface area contributed by atoms with Crippen molar-refractivity contribution in [3.05, 3.63) is 34.1 Å². The third-order valence-electron chi connectivity index (χ3n) is 1.68. The van der Waals surface area contributed by atoms with Crippen molar-refractivity contribution < 1.29 is 14.3 Å². The van der Waals surface area contributed by atoms with E-state index in [4.69, 9.17) is 22.0 Å². The van der Waals surface area contributed by atoms with E-state index in [9.17, 15) is 9.18 Å². The van der Waals surface area contributed by atoms with Crippen molar-refractivity contribution in [1.29, 1.82) is 5.26 Å². The predicted molar refractivity (Wildman–Crippen MR) is 55.5 cm³/mol. The Balaban J connectivity index is 3.18. The number of nitriles is 1. The van der Waals surface area contributed by atoms with E-state index >= 15 is 0 Å². The van der Waals surface area contributed by atoms with Crippen molar-refractivity contribution in [3.8, 4) is 17.9 Å². The second-order valence-corrected chi connectivity index (χ2v) is 3.16. The Morgan fingerprint density at radius 2 is 2.25 bits per heavy atom. The number of carboxylic acids is 1. The first-order chi connectivity index (χ1) is 7.56. The highest BCUT2D eigenvalue weighted by atomic mass is 35.5. The zero-order valence-corrected chi connectivity index (χ0v) is 8.68. The summed E-state index contributed by atoms with van der Waals surface area (Å²) < 4.78 is 13.3. The molecule has 0 saturated carbocycles. The Hall–Kier alpha value is -2.04. The average molecular weight is 238 g/mol. The standard InChI is InChI=1S/C11H5ClFNO2/c12-9-5-7(3-1-2-4-14)10(13)6-8(9)11(15)16/h5-6H,2H2,(H,15,16). The van der Waals surface area contributed by atoms with E-state index in [-0.39, 0.29) is 22.6 Å². The summed E-state index contributed by atoms with van der Waals surface area (Å²) in [5, 5.41) is 16.8. The molecule has 0 fully saturated rings. The smallest absolute Gasteiger partial charge is 0.337 e. The fourth-order valence-electron chi connectivity index (χ4n) is 0.985. The lowest BCUT2D eigenvalue weighted by atomic mass is 10.1. The van der Waals surface area contributed by atoms with Crippen LogP contribution in [-0.4, -0.2) is 11.1 Å². The fourth-order valence-corrected chi connectivity index (χ4v) is 1.23. The molecule has 3 nitrogen and oxygen atoms in total. The molecule has 0 aliphatic heterocycles. The van der Waals surface area contributed by atoms with Crippen LogP contribution < -0.4 is 0 Å². The maximum Gasteiger partial charge on any atom is 0.337 e. The van der Waals surface area contributed by atoms with E-state index in [1.54, 1.807) is 6.07 Å². The molecule has 0 saturated heterocycles. The fraction of sp³-hybridized carbons (Fsp3) is 0.0909. The molecule has 1 rings (SSSR count). The average Bonchev–Trinajstić information content (AvgIpc) is 2.22. The summed E-state index contributed by atoms with van der Waals surface area (Å²) in [6.07, 6.45) is -0.0300. The molecule has 0 aromatic heterocycles. The van der Waals surface area contributed by atoms with Crippen LogP contribution in [0.3, 0.4) is 0 Å². The van der Waals surface area contributed by atoms with Gasteiger partial charge in [-0.1, -0.05) is 23.4 Å². The first-order valence-corrected chi connectivity index (χ1v) is 4.52. The van der Waals surface area contributed by atoms with Crippen molar-refractivity contribution in [3.63, 3.8) is 0 Å². The Morgan fingerprint density at radius 3 is 2.81 bits per heavy atom. The maximum absolute atomic E-state index is 13.3. The highest BCUT2D eigenvalue weighted by molar-refractivity contribution is 6.33. The molecule has 0 aliphatic carbocycles. The van der Waals surface area contributed by atoms with Crippen LogP contribution in [0.5, 0.6) is 0 Å². The van der Waals surface area contributed by atoms with Crippen LogP contribution in [0.25, 0.3) is 0 Å². The summed E-state index contributed by atoms with van der Waals surface area (Å²) in [6.45, 7) is 0. The van der Waals surface area contributed by atoms with Crippen LogP contribution in [0.4, 0.5) is 4.39 Å². The molecule has 0 heterocycles. The largest absolute Gasteiger partial charge is 0.478 e. The number of benzene rings is 1. The van der Waals surface area contributed by atoms with E-state index in [0.717, 1.165) is 12.1 Å². The molecule has 0 amide bonds. The van der Waals surface area contributed by atoms with Gasteiger partial charge in [0.2, 0.25) is 0 Å². The minimum Gasteiger partial charge on any atom is -0.478 e. The van der Waals surface area contributed by atoms with E-state index in [2.05, 4.69) is 11.8 Å². The second-order valence-electron chi connectivity index (χ2n) is 2.75. The minimum absolute atomic E-state index is 0.0229. The van der Waals surface area contributed by atoms with Crippen molar-refractivity contribution in [1.82, 2.24) is 0 Å². The van der Waals surface area contributed by atoms with Gasteiger partial charge in [0.1, 0.15) is 5.82 Å². The topological polar surface area (TPSA) is 61.1 Å². The summed E-state index contributed by atoms with van der Waals surface area (Å²) in [5.41, 5.74) is -0.338.